The fourth-order valence-electron chi connectivity index (χ4n) is 10.6. The molecule has 0 unspecified atom stereocenters. The van der Waals surface area contributed by atoms with E-state index in [1.54, 1.807) is 0 Å². The van der Waals surface area contributed by atoms with Gasteiger partial charge in [-0.15, -0.1) is 0 Å². The van der Waals surface area contributed by atoms with Crippen molar-refractivity contribution in [2.45, 2.75) is 26.2 Å². The highest BCUT2D eigenvalue weighted by molar-refractivity contribution is 6.59. The van der Waals surface area contributed by atoms with Gasteiger partial charge in [-0.3, -0.25) is 0 Å². The maximum atomic E-state index is 2.73. The Balaban J connectivity index is 1.52. The van der Waals surface area contributed by atoms with Gasteiger partial charge in [0.05, 0.1) is 16.6 Å². The van der Waals surface area contributed by atoms with Gasteiger partial charge < -0.3 is 4.40 Å². The van der Waals surface area contributed by atoms with Gasteiger partial charge >= 0.3 is 0 Å². The molecule has 0 saturated carbocycles. The van der Waals surface area contributed by atoms with Crippen molar-refractivity contribution in [2.75, 3.05) is 0 Å². The van der Waals surface area contributed by atoms with E-state index in [9.17, 15) is 0 Å². The van der Waals surface area contributed by atoms with Crippen molar-refractivity contribution in [3.63, 3.8) is 0 Å². The van der Waals surface area contributed by atoms with Crippen LogP contribution >= 0.6 is 0 Å². The van der Waals surface area contributed by atoms with Crippen LogP contribution in [0, 0.1) is 0 Å². The molecule has 3 aromatic heterocycles. The van der Waals surface area contributed by atoms with Gasteiger partial charge in [0.15, 0.2) is 0 Å². The Morgan fingerprint density at radius 2 is 0.800 bits per heavy atom. The Hall–Kier alpha value is -5.40. The van der Waals surface area contributed by atoms with Crippen molar-refractivity contribution in [2.24, 2.45) is 0 Å². The highest BCUT2D eigenvalue weighted by Gasteiger charge is 2.34. The fraction of sp³-hybridized carbons (Fsp3) is 0.0909. The summed E-state index contributed by atoms with van der Waals surface area (Å²) in [5.41, 5.74) is 5.66. The highest BCUT2D eigenvalue weighted by atomic mass is 14.9. The Bertz CT molecular complexity index is 3330. The van der Waals surface area contributed by atoms with Gasteiger partial charge in [-0.1, -0.05) is 81.4 Å². The molecule has 0 aliphatic heterocycles. The first-order valence-corrected chi connectivity index (χ1v) is 16.3. The van der Waals surface area contributed by atoms with Crippen LogP contribution in [0.25, 0.3) is 135 Å². The van der Waals surface area contributed by atoms with Crippen LogP contribution in [0.3, 0.4) is 0 Å². The van der Waals surface area contributed by atoms with E-state index in [2.05, 4.69) is 110 Å². The summed E-state index contributed by atoms with van der Waals surface area (Å²) in [7, 11) is 0. The maximum Gasteiger partial charge on any atom is 0.0633 e. The van der Waals surface area contributed by atoms with E-state index in [0.29, 0.717) is 0 Å². The van der Waals surface area contributed by atoms with E-state index < -0.39 is 0 Å². The zero-order valence-electron chi connectivity index (χ0n) is 25.0. The van der Waals surface area contributed by atoms with Crippen LogP contribution in [-0.2, 0) is 5.41 Å². The molecule has 0 radical (unpaired) electrons. The van der Waals surface area contributed by atoms with Gasteiger partial charge in [-0.05, 0) is 111 Å². The van der Waals surface area contributed by atoms with Gasteiger partial charge in [0.25, 0.3) is 0 Å². The second kappa shape index (κ2) is 5.97. The molecule has 45 heavy (non-hydrogen) atoms. The molecule has 11 aromatic carbocycles. The van der Waals surface area contributed by atoms with Crippen molar-refractivity contribution >= 4 is 135 Å². The van der Waals surface area contributed by atoms with E-state index in [4.69, 9.17) is 0 Å². The summed E-state index contributed by atoms with van der Waals surface area (Å²) in [6.45, 7) is 7.07. The Morgan fingerprint density at radius 1 is 0.356 bits per heavy atom. The number of rotatable bonds is 0. The summed E-state index contributed by atoms with van der Waals surface area (Å²) in [6, 6.07) is 33.8. The van der Waals surface area contributed by atoms with E-state index in [0.717, 1.165) is 0 Å². The second-order valence-electron chi connectivity index (χ2n) is 15.2. The Labute approximate surface area is 255 Å². The van der Waals surface area contributed by atoms with Gasteiger partial charge in [0.2, 0.25) is 0 Å². The van der Waals surface area contributed by atoms with Crippen LogP contribution < -0.4 is 0 Å². The lowest BCUT2D eigenvalue weighted by molar-refractivity contribution is 0.592. The molecule has 0 aliphatic carbocycles. The molecular weight excluding hydrogens is 542 g/mol. The van der Waals surface area contributed by atoms with Crippen molar-refractivity contribution in [3.05, 3.63) is 90.5 Å². The van der Waals surface area contributed by atoms with Crippen LogP contribution in [-0.4, -0.2) is 4.40 Å². The minimum absolute atomic E-state index is 0.0343. The molecule has 1 nitrogen and oxygen atoms in total. The van der Waals surface area contributed by atoms with Gasteiger partial charge in [0.1, 0.15) is 0 Å². The summed E-state index contributed by atoms with van der Waals surface area (Å²) in [6.07, 6.45) is 0. The quantitative estimate of drug-likeness (QED) is 0.127. The molecular formula is C44H23N. The summed E-state index contributed by atoms with van der Waals surface area (Å²) in [5, 5.41) is 31.4. The van der Waals surface area contributed by atoms with E-state index in [1.807, 2.05) is 0 Å². The largest absolute Gasteiger partial charge is 0.307 e. The van der Waals surface area contributed by atoms with Crippen LogP contribution in [0.5, 0.6) is 0 Å². The molecule has 14 rings (SSSR count). The van der Waals surface area contributed by atoms with Crippen LogP contribution in [0.2, 0.25) is 0 Å². The molecule has 0 amide bonds. The molecule has 14 aromatic rings. The second-order valence-corrected chi connectivity index (χ2v) is 15.2. The lowest BCUT2D eigenvalue weighted by Crippen LogP contribution is -2.11. The number of hydrogen-bond donors (Lipinski definition) is 0. The summed E-state index contributed by atoms with van der Waals surface area (Å²) >= 11 is 0. The molecule has 0 saturated heterocycles. The summed E-state index contributed by atoms with van der Waals surface area (Å²) < 4.78 is 2.73. The van der Waals surface area contributed by atoms with Crippen LogP contribution in [0.4, 0.5) is 0 Å². The molecule has 0 atom stereocenters. The van der Waals surface area contributed by atoms with Crippen molar-refractivity contribution < 1.29 is 0 Å². The Kier molecular flexibility index (Phi) is 2.83. The molecule has 0 fully saturated rings. The average Bonchev–Trinajstić information content (AvgIpc) is 3.61. The van der Waals surface area contributed by atoms with E-state index >= 15 is 0 Å². The normalized spacial score (nSPS) is 14.6. The van der Waals surface area contributed by atoms with Gasteiger partial charge in [0, 0.05) is 43.1 Å². The van der Waals surface area contributed by atoms with Crippen LogP contribution in [0.1, 0.15) is 26.3 Å². The molecule has 0 aliphatic rings. The molecule has 0 spiro atoms. The third kappa shape index (κ3) is 1.86. The standard InChI is InChI=1S/C44H23N/c1-44(2,3)21-16-28-24-8-4-6-22-26-14-19-12-10-18-11-13-20-15-27-23-7-5-9-25-29(17-21)41(28)45-42(33(22)24)39-35(26)37-31(19)30(18)32(20)38(37)36(27)40(39)43(45)34(23)25/h4-17H,1-3H3. The number of hydrogen-bond acceptors (Lipinski definition) is 0. The number of pyridine rings is 2. The van der Waals surface area contributed by atoms with Crippen LogP contribution in [0.15, 0.2) is 84.9 Å². The first-order valence-electron chi connectivity index (χ1n) is 16.3. The van der Waals surface area contributed by atoms with E-state index in [1.165, 1.54) is 141 Å². The first-order chi connectivity index (χ1) is 22.0. The Morgan fingerprint density at radius 3 is 1.29 bits per heavy atom. The fourth-order valence-corrected chi connectivity index (χ4v) is 10.6. The number of nitrogens with zero attached hydrogens (tertiary/aromatic N) is 1. The zero-order valence-corrected chi connectivity index (χ0v) is 25.0. The van der Waals surface area contributed by atoms with Crippen molar-refractivity contribution in [1.82, 2.24) is 4.40 Å². The number of benzene rings is 10. The lowest BCUT2D eigenvalue weighted by Gasteiger charge is -2.24. The maximum absolute atomic E-state index is 2.73. The van der Waals surface area contributed by atoms with Crippen molar-refractivity contribution in [1.29, 1.82) is 0 Å². The molecule has 0 bridgehead atoms. The highest BCUT2D eigenvalue weighted by Crippen LogP contribution is 2.60. The summed E-state index contributed by atoms with van der Waals surface area (Å²) in [4.78, 5) is 0. The third-order valence-corrected chi connectivity index (χ3v) is 12.3. The van der Waals surface area contributed by atoms with Crippen molar-refractivity contribution in [3.8, 4) is 0 Å². The zero-order chi connectivity index (χ0) is 29.0. The third-order valence-electron chi connectivity index (χ3n) is 12.3. The van der Waals surface area contributed by atoms with Gasteiger partial charge in [-0.2, -0.15) is 0 Å². The first kappa shape index (κ1) is 21.3. The number of aromatic nitrogens is 1. The predicted molar refractivity (Wildman–Crippen MR) is 196 cm³/mol. The summed E-state index contributed by atoms with van der Waals surface area (Å²) in [5.74, 6) is 0. The molecule has 0 N–H and O–H groups in total. The minimum atomic E-state index is 0.0343. The average molecular weight is 566 g/mol. The SMILES string of the molecule is CC(C)(C)c1cc2c3cccc4c5cc6ccc7ccc8cc9c%10cccc%11c(c1)c2n1c(c43)c2c5c3c6c7c8c3c9c2c1c%10%11. The molecule has 1 heteroatoms. The monoisotopic (exact) mass is 565 g/mol. The molecule has 204 valence electrons. The predicted octanol–water partition coefficient (Wildman–Crippen LogP) is 12.6. The minimum Gasteiger partial charge on any atom is -0.307 e. The lowest BCUT2D eigenvalue weighted by atomic mass is 9.83. The number of fused-ring (bicyclic) bond motifs is 4. The molecule has 3 heterocycles. The van der Waals surface area contributed by atoms with Gasteiger partial charge in [-0.25, -0.2) is 0 Å². The smallest absolute Gasteiger partial charge is 0.0633 e. The topological polar surface area (TPSA) is 4.41 Å². The van der Waals surface area contributed by atoms with E-state index in [-0.39, 0.29) is 5.41 Å².